The number of piperazine rings is 1. The molecule has 0 atom stereocenters. The molecule has 0 radical (unpaired) electrons. The van der Waals surface area contributed by atoms with Crippen molar-refractivity contribution in [2.24, 2.45) is 0 Å². The minimum atomic E-state index is -0.173. The number of aromatic nitrogens is 1. The van der Waals surface area contributed by atoms with Gasteiger partial charge in [-0.05, 0) is 6.07 Å². The van der Waals surface area contributed by atoms with Gasteiger partial charge in [0.2, 0.25) is 11.8 Å². The van der Waals surface area contributed by atoms with Crippen LogP contribution in [0.5, 0.6) is 0 Å². The molecular weight excluding hydrogens is 258 g/mol. The van der Waals surface area contributed by atoms with Gasteiger partial charge in [0.05, 0.1) is 17.6 Å². The number of imide groups is 1. The average molecular weight is 275 g/mol. The molecule has 2 aliphatic heterocycles. The largest absolute Gasteiger partial charge is 0.382 e. The monoisotopic (exact) mass is 275 g/mol. The number of pyridine rings is 1. The van der Waals surface area contributed by atoms with Gasteiger partial charge in [0.15, 0.2) is 0 Å². The second kappa shape index (κ2) is 5.09. The second-order valence-corrected chi connectivity index (χ2v) is 4.96. The fourth-order valence-electron chi connectivity index (χ4n) is 2.60. The highest BCUT2D eigenvalue weighted by molar-refractivity contribution is 6.19. The van der Waals surface area contributed by atoms with Crippen LogP contribution in [-0.4, -0.2) is 43.0 Å². The number of anilines is 3. The molecular formula is C13H17N5O2. The Balaban J connectivity index is 1.93. The molecule has 3 N–H and O–H groups in total. The van der Waals surface area contributed by atoms with Gasteiger partial charge < -0.3 is 16.0 Å². The van der Waals surface area contributed by atoms with E-state index in [0.29, 0.717) is 11.5 Å². The minimum absolute atomic E-state index is 0.173. The van der Waals surface area contributed by atoms with Crippen molar-refractivity contribution < 1.29 is 9.59 Å². The van der Waals surface area contributed by atoms with Gasteiger partial charge in [-0.1, -0.05) is 0 Å². The van der Waals surface area contributed by atoms with Crippen LogP contribution in [0.3, 0.4) is 0 Å². The van der Waals surface area contributed by atoms with Gasteiger partial charge in [0, 0.05) is 39.0 Å². The number of hydrogen-bond donors (Lipinski definition) is 2. The molecule has 20 heavy (non-hydrogen) atoms. The first-order valence-electron chi connectivity index (χ1n) is 6.74. The summed E-state index contributed by atoms with van der Waals surface area (Å²) >= 11 is 0. The molecule has 7 nitrogen and oxygen atoms in total. The summed E-state index contributed by atoms with van der Waals surface area (Å²) in [4.78, 5) is 31.0. The topological polar surface area (TPSA) is 91.6 Å². The van der Waals surface area contributed by atoms with E-state index in [2.05, 4.69) is 15.2 Å². The maximum Gasteiger partial charge on any atom is 0.234 e. The molecule has 0 bridgehead atoms. The van der Waals surface area contributed by atoms with Gasteiger partial charge in [0.25, 0.3) is 0 Å². The summed E-state index contributed by atoms with van der Waals surface area (Å²) in [6.45, 7) is 3.42. The number of nitrogen functional groups attached to an aromatic ring is 1. The predicted molar refractivity (Wildman–Crippen MR) is 75.5 cm³/mol. The van der Waals surface area contributed by atoms with Crippen molar-refractivity contribution >= 4 is 29.0 Å². The molecule has 3 rings (SSSR count). The highest BCUT2D eigenvalue weighted by Gasteiger charge is 2.31. The van der Waals surface area contributed by atoms with E-state index >= 15 is 0 Å². The van der Waals surface area contributed by atoms with E-state index in [1.54, 1.807) is 6.07 Å². The van der Waals surface area contributed by atoms with Crippen molar-refractivity contribution in [1.29, 1.82) is 0 Å². The van der Waals surface area contributed by atoms with Crippen LogP contribution in [0, 0.1) is 0 Å². The molecule has 0 aliphatic carbocycles. The lowest BCUT2D eigenvalue weighted by Gasteiger charge is -2.30. The summed E-state index contributed by atoms with van der Waals surface area (Å²) in [6.07, 6.45) is 2.03. The average Bonchev–Trinajstić information content (AvgIpc) is 2.80. The van der Waals surface area contributed by atoms with Crippen LogP contribution in [0.4, 0.5) is 17.2 Å². The molecule has 0 saturated carbocycles. The first kappa shape index (κ1) is 12.9. The Hall–Kier alpha value is -2.15. The Labute approximate surface area is 116 Å². The molecule has 2 amide bonds. The lowest BCUT2D eigenvalue weighted by Crippen LogP contribution is -2.44. The highest BCUT2D eigenvalue weighted by Crippen LogP contribution is 2.29. The molecule has 2 aliphatic rings. The lowest BCUT2D eigenvalue weighted by molar-refractivity contribution is -0.121. The maximum atomic E-state index is 11.8. The zero-order chi connectivity index (χ0) is 14.1. The standard InChI is InChI=1S/C13H17N5O2/c14-13-10(17-5-3-15-4-6-17)7-9(8-16-13)18-11(19)1-2-12(18)20/h7-8,15H,1-6H2,(H2,14,16). The van der Waals surface area contributed by atoms with E-state index in [1.807, 2.05) is 0 Å². The third-order valence-electron chi connectivity index (χ3n) is 3.65. The van der Waals surface area contributed by atoms with Crippen molar-refractivity contribution in [3.8, 4) is 0 Å². The van der Waals surface area contributed by atoms with Crippen molar-refractivity contribution in [1.82, 2.24) is 10.3 Å². The van der Waals surface area contributed by atoms with Crippen LogP contribution >= 0.6 is 0 Å². The number of nitrogens with one attached hydrogen (secondary N) is 1. The van der Waals surface area contributed by atoms with E-state index in [-0.39, 0.29) is 24.7 Å². The number of carbonyl (C=O) groups is 2. The van der Waals surface area contributed by atoms with E-state index in [1.165, 1.54) is 11.1 Å². The normalized spacial score (nSPS) is 19.8. The smallest absolute Gasteiger partial charge is 0.234 e. The highest BCUT2D eigenvalue weighted by atomic mass is 16.2. The molecule has 2 fully saturated rings. The van der Waals surface area contributed by atoms with E-state index in [4.69, 9.17) is 5.73 Å². The molecule has 7 heteroatoms. The molecule has 1 aromatic rings. The van der Waals surface area contributed by atoms with Gasteiger partial charge in [-0.3, -0.25) is 9.59 Å². The molecule has 2 saturated heterocycles. The Morgan fingerprint density at radius 3 is 2.45 bits per heavy atom. The van der Waals surface area contributed by atoms with Gasteiger partial charge in [-0.2, -0.15) is 0 Å². The van der Waals surface area contributed by atoms with Gasteiger partial charge >= 0.3 is 0 Å². The molecule has 106 valence electrons. The van der Waals surface area contributed by atoms with E-state index < -0.39 is 0 Å². The lowest BCUT2D eigenvalue weighted by atomic mass is 10.2. The molecule has 1 aromatic heterocycles. The van der Waals surface area contributed by atoms with E-state index in [9.17, 15) is 9.59 Å². The fourth-order valence-corrected chi connectivity index (χ4v) is 2.60. The minimum Gasteiger partial charge on any atom is -0.382 e. The number of hydrogen-bond acceptors (Lipinski definition) is 6. The Kier molecular flexibility index (Phi) is 3.27. The fraction of sp³-hybridized carbons (Fsp3) is 0.462. The summed E-state index contributed by atoms with van der Waals surface area (Å²) < 4.78 is 0. The molecule has 3 heterocycles. The van der Waals surface area contributed by atoms with Crippen LogP contribution < -0.4 is 20.9 Å². The van der Waals surface area contributed by atoms with Crippen LogP contribution in [0.1, 0.15) is 12.8 Å². The van der Waals surface area contributed by atoms with Crippen LogP contribution in [0.15, 0.2) is 12.3 Å². The quantitative estimate of drug-likeness (QED) is 0.722. The van der Waals surface area contributed by atoms with Crippen LogP contribution in [-0.2, 0) is 9.59 Å². The number of nitrogens with zero attached hydrogens (tertiary/aromatic N) is 3. The van der Waals surface area contributed by atoms with Gasteiger partial charge in [-0.15, -0.1) is 0 Å². The first-order chi connectivity index (χ1) is 9.66. The van der Waals surface area contributed by atoms with Crippen molar-refractivity contribution in [2.45, 2.75) is 12.8 Å². The number of carbonyl (C=O) groups excluding carboxylic acids is 2. The number of rotatable bonds is 2. The number of nitrogens with two attached hydrogens (primary N) is 1. The Bertz CT molecular complexity index is 538. The van der Waals surface area contributed by atoms with Gasteiger partial charge in [-0.25, -0.2) is 9.88 Å². The SMILES string of the molecule is Nc1ncc(N2C(=O)CCC2=O)cc1N1CCNCC1. The summed E-state index contributed by atoms with van der Waals surface area (Å²) in [6, 6.07) is 1.79. The first-order valence-corrected chi connectivity index (χ1v) is 6.74. The molecule has 0 unspecified atom stereocenters. The summed E-state index contributed by atoms with van der Waals surface area (Å²) in [5.74, 6) is 0.0791. The Morgan fingerprint density at radius 1 is 1.15 bits per heavy atom. The summed E-state index contributed by atoms with van der Waals surface area (Å²) in [5, 5.41) is 3.27. The van der Waals surface area contributed by atoms with Crippen molar-refractivity contribution in [3.05, 3.63) is 12.3 Å². The van der Waals surface area contributed by atoms with Crippen molar-refractivity contribution in [2.75, 3.05) is 41.7 Å². The summed E-state index contributed by atoms with van der Waals surface area (Å²) in [5.41, 5.74) is 7.23. The summed E-state index contributed by atoms with van der Waals surface area (Å²) in [7, 11) is 0. The van der Waals surface area contributed by atoms with Crippen molar-refractivity contribution in [3.63, 3.8) is 0 Å². The van der Waals surface area contributed by atoms with Crippen LogP contribution in [0.25, 0.3) is 0 Å². The van der Waals surface area contributed by atoms with Gasteiger partial charge in [0.1, 0.15) is 5.82 Å². The third-order valence-corrected chi connectivity index (χ3v) is 3.65. The third kappa shape index (κ3) is 2.20. The molecule has 0 aromatic carbocycles. The maximum absolute atomic E-state index is 11.8. The zero-order valence-electron chi connectivity index (χ0n) is 11.1. The zero-order valence-corrected chi connectivity index (χ0v) is 11.1. The van der Waals surface area contributed by atoms with Crippen LogP contribution in [0.2, 0.25) is 0 Å². The predicted octanol–water partition coefficient (Wildman–Crippen LogP) is -0.273. The van der Waals surface area contributed by atoms with E-state index in [0.717, 1.165) is 31.9 Å². The Morgan fingerprint density at radius 2 is 1.80 bits per heavy atom. The second-order valence-electron chi connectivity index (χ2n) is 4.96. The molecule has 0 spiro atoms. The number of amides is 2.